The molecule has 0 radical (unpaired) electrons. The molecule has 0 bridgehead atoms. The molecule has 0 aliphatic carbocycles. The number of ether oxygens (including phenoxy) is 1. The number of hydrogen-bond acceptors (Lipinski definition) is 5. The fourth-order valence-corrected chi connectivity index (χ4v) is 4.49. The predicted molar refractivity (Wildman–Crippen MR) is 124 cm³/mol. The van der Waals surface area contributed by atoms with Crippen LogP contribution in [0.4, 0.5) is 11.4 Å². The van der Waals surface area contributed by atoms with Gasteiger partial charge in [-0.2, -0.15) is 5.26 Å². The van der Waals surface area contributed by atoms with E-state index in [0.717, 1.165) is 5.56 Å². The van der Waals surface area contributed by atoms with E-state index in [0.29, 0.717) is 34.5 Å². The van der Waals surface area contributed by atoms with Crippen molar-refractivity contribution in [1.82, 2.24) is 0 Å². The first-order chi connectivity index (χ1) is 14.9. The lowest BCUT2D eigenvalue weighted by molar-refractivity contribution is -0.117. The molecule has 1 unspecified atom stereocenters. The molecule has 3 rings (SSSR count). The Labute approximate surface area is 186 Å². The molecule has 1 heterocycles. The van der Waals surface area contributed by atoms with E-state index in [2.05, 4.69) is 19.2 Å². The summed E-state index contributed by atoms with van der Waals surface area (Å²) < 4.78 is 5.27. The van der Waals surface area contributed by atoms with Crippen LogP contribution in [0, 0.1) is 11.3 Å². The first-order valence-corrected chi connectivity index (χ1v) is 11.0. The molecular formula is C24H25N3O3S. The number of hydrogen-bond donors (Lipinski definition) is 1. The van der Waals surface area contributed by atoms with E-state index >= 15 is 0 Å². The number of nitriles is 1. The molecule has 1 saturated heterocycles. The second kappa shape index (κ2) is 9.71. The van der Waals surface area contributed by atoms with Gasteiger partial charge in [-0.25, -0.2) is 0 Å². The van der Waals surface area contributed by atoms with Crippen molar-refractivity contribution >= 4 is 35.0 Å². The molecule has 0 aromatic heterocycles. The van der Waals surface area contributed by atoms with Gasteiger partial charge in [-0.3, -0.25) is 14.5 Å². The van der Waals surface area contributed by atoms with Crippen LogP contribution in [0.2, 0.25) is 0 Å². The monoisotopic (exact) mass is 435 g/mol. The van der Waals surface area contributed by atoms with Crippen molar-refractivity contribution in [1.29, 1.82) is 5.26 Å². The van der Waals surface area contributed by atoms with E-state index in [1.807, 2.05) is 37.3 Å². The maximum absolute atomic E-state index is 13.1. The van der Waals surface area contributed by atoms with Crippen molar-refractivity contribution in [2.24, 2.45) is 0 Å². The third-order valence-corrected chi connectivity index (χ3v) is 6.48. The molecule has 7 heteroatoms. The van der Waals surface area contributed by atoms with Crippen molar-refractivity contribution in [3.63, 3.8) is 0 Å². The Kier molecular flexibility index (Phi) is 7.03. The predicted octanol–water partition coefficient (Wildman–Crippen LogP) is 5.05. The highest BCUT2D eigenvalue weighted by molar-refractivity contribution is 8.05. The quantitative estimate of drug-likeness (QED) is 0.507. The zero-order valence-corrected chi connectivity index (χ0v) is 18.8. The SMILES string of the molecule is CCC1S/C(=C(/C#N)C(=O)Nc2ccccc2OC)N(c2ccc(C(C)C)cc2)C1=O. The Bertz CT molecular complexity index is 1050. The third kappa shape index (κ3) is 4.59. The van der Waals surface area contributed by atoms with Gasteiger partial charge in [0.1, 0.15) is 22.4 Å². The smallest absolute Gasteiger partial charge is 0.269 e. The van der Waals surface area contributed by atoms with E-state index in [1.54, 1.807) is 24.3 Å². The minimum Gasteiger partial charge on any atom is -0.495 e. The average molecular weight is 436 g/mol. The number of benzene rings is 2. The Morgan fingerprint density at radius 3 is 2.48 bits per heavy atom. The van der Waals surface area contributed by atoms with Crippen LogP contribution in [0.15, 0.2) is 59.1 Å². The second-order valence-corrected chi connectivity index (χ2v) is 8.57. The molecule has 0 spiro atoms. The molecule has 2 amide bonds. The Hall–Kier alpha value is -3.24. The number of nitrogens with one attached hydrogen (secondary N) is 1. The van der Waals surface area contributed by atoms with Crippen molar-refractivity contribution < 1.29 is 14.3 Å². The lowest BCUT2D eigenvalue weighted by Crippen LogP contribution is -2.29. The number of thioether (sulfide) groups is 1. The summed E-state index contributed by atoms with van der Waals surface area (Å²) in [5.41, 5.74) is 2.14. The number of anilines is 2. The van der Waals surface area contributed by atoms with Gasteiger partial charge in [0.2, 0.25) is 5.91 Å². The molecule has 2 aromatic carbocycles. The van der Waals surface area contributed by atoms with E-state index in [4.69, 9.17) is 4.74 Å². The van der Waals surface area contributed by atoms with E-state index in [9.17, 15) is 14.9 Å². The topological polar surface area (TPSA) is 82.4 Å². The molecule has 2 aromatic rings. The molecule has 6 nitrogen and oxygen atoms in total. The standard InChI is InChI=1S/C24H25N3O3S/c1-5-21-23(29)27(17-12-10-16(11-13-17)15(2)3)24(31-21)18(14-25)22(28)26-19-8-6-7-9-20(19)30-4/h6-13,15,21H,5H2,1-4H3,(H,26,28)/b24-18-. The van der Waals surface area contributed by atoms with Crippen LogP contribution < -0.4 is 15.0 Å². The number of carbonyl (C=O) groups excluding carboxylic acids is 2. The van der Waals surface area contributed by atoms with Crippen molar-refractivity contribution in [3.8, 4) is 11.8 Å². The third-order valence-electron chi connectivity index (χ3n) is 5.05. The molecule has 0 saturated carbocycles. The maximum Gasteiger partial charge on any atom is 0.269 e. The summed E-state index contributed by atoms with van der Waals surface area (Å²) in [6.07, 6.45) is 0.598. The van der Waals surface area contributed by atoms with Crippen LogP contribution in [-0.4, -0.2) is 24.2 Å². The molecule has 1 aliphatic heterocycles. The van der Waals surface area contributed by atoms with Crippen LogP contribution in [0.5, 0.6) is 5.75 Å². The van der Waals surface area contributed by atoms with Crippen molar-refractivity contribution in [3.05, 3.63) is 64.7 Å². The first kappa shape index (κ1) is 22.4. The summed E-state index contributed by atoms with van der Waals surface area (Å²) in [6, 6.07) is 16.6. The zero-order chi connectivity index (χ0) is 22.5. The summed E-state index contributed by atoms with van der Waals surface area (Å²) in [5.74, 6) is 0.138. The summed E-state index contributed by atoms with van der Waals surface area (Å²) in [6.45, 7) is 6.11. The Morgan fingerprint density at radius 1 is 1.23 bits per heavy atom. The summed E-state index contributed by atoms with van der Waals surface area (Å²) >= 11 is 1.26. The summed E-state index contributed by atoms with van der Waals surface area (Å²) in [5, 5.41) is 12.6. The van der Waals surface area contributed by atoms with Gasteiger partial charge in [-0.1, -0.05) is 56.8 Å². The molecule has 1 aliphatic rings. The number of carbonyl (C=O) groups is 2. The number of nitrogens with zero attached hydrogens (tertiary/aromatic N) is 2. The number of para-hydroxylation sites is 2. The number of amides is 2. The van der Waals surface area contributed by atoms with E-state index < -0.39 is 5.91 Å². The molecule has 1 atom stereocenters. The highest BCUT2D eigenvalue weighted by Gasteiger charge is 2.39. The normalized spacial score (nSPS) is 17.5. The van der Waals surface area contributed by atoms with Gasteiger partial charge in [0.15, 0.2) is 0 Å². The highest BCUT2D eigenvalue weighted by Crippen LogP contribution is 2.42. The van der Waals surface area contributed by atoms with Crippen molar-refractivity contribution in [2.45, 2.75) is 38.4 Å². The summed E-state index contributed by atoms with van der Waals surface area (Å²) in [4.78, 5) is 27.6. The van der Waals surface area contributed by atoms with Crippen LogP contribution >= 0.6 is 11.8 Å². The van der Waals surface area contributed by atoms with Crippen LogP contribution in [0.1, 0.15) is 38.7 Å². The minimum atomic E-state index is -0.581. The summed E-state index contributed by atoms with van der Waals surface area (Å²) in [7, 11) is 1.51. The number of rotatable bonds is 6. The second-order valence-electron chi connectivity index (χ2n) is 7.38. The molecule has 160 valence electrons. The maximum atomic E-state index is 13.1. The van der Waals surface area contributed by atoms with E-state index in [-0.39, 0.29) is 16.7 Å². The van der Waals surface area contributed by atoms with Crippen LogP contribution in [-0.2, 0) is 9.59 Å². The Balaban J connectivity index is 2.02. The van der Waals surface area contributed by atoms with Gasteiger partial charge >= 0.3 is 0 Å². The Morgan fingerprint density at radius 2 is 1.90 bits per heavy atom. The van der Waals surface area contributed by atoms with Gasteiger partial charge in [0.25, 0.3) is 5.91 Å². The van der Waals surface area contributed by atoms with Crippen LogP contribution in [0.3, 0.4) is 0 Å². The van der Waals surface area contributed by atoms with Gasteiger partial charge < -0.3 is 10.1 Å². The lowest BCUT2D eigenvalue weighted by Gasteiger charge is -2.19. The molecule has 1 fully saturated rings. The fraction of sp³-hybridized carbons (Fsp3) is 0.292. The zero-order valence-electron chi connectivity index (χ0n) is 18.0. The van der Waals surface area contributed by atoms with E-state index in [1.165, 1.54) is 23.8 Å². The van der Waals surface area contributed by atoms with Gasteiger partial charge in [0.05, 0.1) is 18.0 Å². The minimum absolute atomic E-state index is 0.104. The molecular weight excluding hydrogens is 410 g/mol. The fourth-order valence-electron chi connectivity index (χ4n) is 3.29. The van der Waals surface area contributed by atoms with Gasteiger partial charge in [0, 0.05) is 5.69 Å². The van der Waals surface area contributed by atoms with Gasteiger partial charge in [-0.05, 0) is 42.2 Å². The van der Waals surface area contributed by atoms with Crippen molar-refractivity contribution in [2.75, 3.05) is 17.3 Å². The largest absolute Gasteiger partial charge is 0.495 e. The average Bonchev–Trinajstić information content (AvgIpc) is 3.10. The first-order valence-electron chi connectivity index (χ1n) is 10.1. The molecule has 1 N–H and O–H groups in total. The molecule has 31 heavy (non-hydrogen) atoms. The number of methoxy groups -OCH3 is 1. The van der Waals surface area contributed by atoms with Gasteiger partial charge in [-0.15, -0.1) is 0 Å². The highest BCUT2D eigenvalue weighted by atomic mass is 32.2. The van der Waals surface area contributed by atoms with Crippen LogP contribution in [0.25, 0.3) is 0 Å². The lowest BCUT2D eigenvalue weighted by atomic mass is 10.0.